The van der Waals surface area contributed by atoms with Crippen LogP contribution in [0.1, 0.15) is 10.4 Å². The van der Waals surface area contributed by atoms with Gasteiger partial charge in [0.15, 0.2) is 16.8 Å². The molecule has 0 spiro atoms. The van der Waals surface area contributed by atoms with E-state index in [2.05, 4.69) is 10.2 Å². The van der Waals surface area contributed by atoms with Crippen LogP contribution in [0.2, 0.25) is 0 Å². The number of methoxy groups -OCH3 is 4. The van der Waals surface area contributed by atoms with Crippen LogP contribution in [0.5, 0.6) is 23.0 Å². The van der Waals surface area contributed by atoms with Gasteiger partial charge in [-0.1, -0.05) is 23.9 Å². The van der Waals surface area contributed by atoms with Crippen molar-refractivity contribution in [3.63, 3.8) is 0 Å². The molecule has 0 atom stereocenters. The summed E-state index contributed by atoms with van der Waals surface area (Å²) in [6.45, 7) is 0. The third-order valence-electron chi connectivity index (χ3n) is 5.35. The van der Waals surface area contributed by atoms with Crippen LogP contribution in [-0.2, 0) is 0 Å². The summed E-state index contributed by atoms with van der Waals surface area (Å²) in [5.41, 5.74) is 2.05. The predicted molar refractivity (Wildman–Crippen MR) is 134 cm³/mol. The molecule has 9 heteroatoms. The Balaban J connectivity index is 1.71. The lowest BCUT2D eigenvalue weighted by Gasteiger charge is -2.13. The highest BCUT2D eigenvalue weighted by Crippen LogP contribution is 2.34. The first-order valence-electron chi connectivity index (χ1n) is 10.7. The van der Waals surface area contributed by atoms with E-state index in [1.54, 1.807) is 39.5 Å². The largest absolute Gasteiger partial charge is 0.497 e. The number of Topliss-reactive ketones (excluding diaryl/α,β-unsaturated/α-hetero) is 1. The van der Waals surface area contributed by atoms with Gasteiger partial charge in [0.25, 0.3) is 0 Å². The van der Waals surface area contributed by atoms with Crippen molar-refractivity contribution in [3.8, 4) is 40.1 Å². The third kappa shape index (κ3) is 5.09. The Morgan fingerprint density at radius 2 is 1.49 bits per heavy atom. The van der Waals surface area contributed by atoms with Crippen molar-refractivity contribution >= 4 is 17.5 Å². The van der Waals surface area contributed by atoms with Gasteiger partial charge in [-0.05, 0) is 54.6 Å². The number of thioether (sulfide) groups is 1. The number of ether oxygens (including phenoxy) is 4. The molecule has 0 saturated carbocycles. The van der Waals surface area contributed by atoms with Crippen LogP contribution >= 0.6 is 11.8 Å². The summed E-state index contributed by atoms with van der Waals surface area (Å²) in [5, 5.41) is 9.42. The van der Waals surface area contributed by atoms with Crippen molar-refractivity contribution in [2.75, 3.05) is 34.2 Å². The van der Waals surface area contributed by atoms with Crippen molar-refractivity contribution in [2.24, 2.45) is 0 Å². The number of para-hydroxylation sites is 1. The molecular weight excluding hydrogens is 466 g/mol. The summed E-state index contributed by atoms with van der Waals surface area (Å²) < 4.78 is 23.4. The summed E-state index contributed by atoms with van der Waals surface area (Å²) in [6.07, 6.45) is 0. The number of carbonyl (C=O) groups excluding carboxylic acids is 1. The van der Waals surface area contributed by atoms with Crippen molar-refractivity contribution in [2.45, 2.75) is 5.16 Å². The zero-order valence-corrected chi connectivity index (χ0v) is 20.7. The number of nitrogens with zero attached hydrogens (tertiary/aromatic N) is 3. The van der Waals surface area contributed by atoms with E-state index >= 15 is 0 Å². The van der Waals surface area contributed by atoms with Crippen molar-refractivity contribution < 1.29 is 23.7 Å². The van der Waals surface area contributed by atoms with E-state index in [1.807, 2.05) is 53.1 Å². The minimum atomic E-state index is -0.117. The van der Waals surface area contributed by atoms with Gasteiger partial charge in [0.2, 0.25) is 0 Å². The second kappa shape index (κ2) is 11.0. The van der Waals surface area contributed by atoms with Crippen LogP contribution in [0, 0.1) is 0 Å². The number of carbonyl (C=O) groups is 1. The van der Waals surface area contributed by atoms with Gasteiger partial charge < -0.3 is 18.9 Å². The summed E-state index contributed by atoms with van der Waals surface area (Å²) in [6, 6.07) is 20.3. The van der Waals surface area contributed by atoms with Gasteiger partial charge in [-0.3, -0.25) is 9.36 Å². The first-order chi connectivity index (χ1) is 17.1. The average Bonchev–Trinajstić information content (AvgIpc) is 3.34. The zero-order valence-electron chi connectivity index (χ0n) is 19.8. The SMILES string of the molecule is COc1ccc(-n2c(SCC(=O)c3cc(OC)ccc3OC)nnc2-c2ccccc2OC)cc1. The van der Waals surface area contributed by atoms with Gasteiger partial charge in [-0.15, -0.1) is 10.2 Å². The Morgan fingerprint density at radius 3 is 2.17 bits per heavy atom. The average molecular weight is 492 g/mol. The molecule has 180 valence electrons. The van der Waals surface area contributed by atoms with Crippen LogP contribution in [0.15, 0.2) is 71.9 Å². The van der Waals surface area contributed by atoms with Crippen LogP contribution in [0.25, 0.3) is 17.1 Å². The maximum atomic E-state index is 13.1. The molecule has 0 bridgehead atoms. The zero-order chi connectivity index (χ0) is 24.8. The molecule has 1 aromatic heterocycles. The molecule has 0 aliphatic carbocycles. The predicted octanol–water partition coefficient (Wildman–Crippen LogP) is 4.94. The van der Waals surface area contributed by atoms with E-state index in [-0.39, 0.29) is 11.5 Å². The smallest absolute Gasteiger partial charge is 0.196 e. The van der Waals surface area contributed by atoms with Crippen LogP contribution in [-0.4, -0.2) is 54.7 Å². The number of aromatic nitrogens is 3. The Hall–Kier alpha value is -3.98. The fourth-order valence-electron chi connectivity index (χ4n) is 3.57. The molecule has 0 aliphatic rings. The van der Waals surface area contributed by atoms with Crippen molar-refractivity contribution in [3.05, 3.63) is 72.3 Å². The van der Waals surface area contributed by atoms with E-state index in [1.165, 1.54) is 18.9 Å². The van der Waals surface area contributed by atoms with Gasteiger partial charge in [0, 0.05) is 0 Å². The topological polar surface area (TPSA) is 84.7 Å². The lowest BCUT2D eigenvalue weighted by atomic mass is 10.1. The Bertz CT molecular complexity index is 1320. The number of ketones is 1. The second-order valence-electron chi connectivity index (χ2n) is 7.32. The van der Waals surface area contributed by atoms with Crippen molar-refractivity contribution in [1.29, 1.82) is 0 Å². The summed E-state index contributed by atoms with van der Waals surface area (Å²) in [5.74, 6) is 3.08. The minimum Gasteiger partial charge on any atom is -0.497 e. The minimum absolute atomic E-state index is 0.117. The standard InChI is InChI=1S/C26H25N3O5S/c1-31-18-11-9-17(10-12-18)29-25(20-7-5-6-8-23(20)33-3)27-28-26(29)35-16-22(30)21-15-19(32-2)13-14-24(21)34-4/h5-15H,16H2,1-4H3. The molecule has 3 aromatic carbocycles. The molecule has 4 aromatic rings. The molecule has 0 amide bonds. The number of benzene rings is 3. The second-order valence-corrected chi connectivity index (χ2v) is 8.26. The molecule has 1 heterocycles. The van der Waals surface area contributed by atoms with E-state index in [9.17, 15) is 4.79 Å². The van der Waals surface area contributed by atoms with E-state index in [4.69, 9.17) is 18.9 Å². The van der Waals surface area contributed by atoms with Gasteiger partial charge in [0.1, 0.15) is 23.0 Å². The van der Waals surface area contributed by atoms with E-state index in [0.717, 1.165) is 17.0 Å². The van der Waals surface area contributed by atoms with E-state index < -0.39 is 0 Å². The molecule has 0 unspecified atom stereocenters. The van der Waals surface area contributed by atoms with Gasteiger partial charge in [0.05, 0.1) is 51.0 Å². The van der Waals surface area contributed by atoms with Gasteiger partial charge >= 0.3 is 0 Å². The lowest BCUT2D eigenvalue weighted by Crippen LogP contribution is -2.07. The maximum Gasteiger partial charge on any atom is 0.196 e. The highest BCUT2D eigenvalue weighted by atomic mass is 32.2. The molecule has 4 rings (SSSR count). The molecule has 0 aliphatic heterocycles. The summed E-state index contributed by atoms with van der Waals surface area (Å²) in [7, 11) is 6.32. The maximum absolute atomic E-state index is 13.1. The van der Waals surface area contributed by atoms with Gasteiger partial charge in [-0.25, -0.2) is 0 Å². The molecular formula is C26H25N3O5S. The van der Waals surface area contributed by atoms with Gasteiger partial charge in [-0.2, -0.15) is 0 Å². The summed E-state index contributed by atoms with van der Waals surface area (Å²) >= 11 is 1.29. The fraction of sp³-hybridized carbons (Fsp3) is 0.192. The van der Waals surface area contributed by atoms with Crippen LogP contribution < -0.4 is 18.9 Å². The summed E-state index contributed by atoms with van der Waals surface area (Å²) in [4.78, 5) is 13.1. The van der Waals surface area contributed by atoms with Crippen LogP contribution in [0.4, 0.5) is 0 Å². The normalized spacial score (nSPS) is 10.6. The molecule has 35 heavy (non-hydrogen) atoms. The third-order valence-corrected chi connectivity index (χ3v) is 6.28. The number of hydrogen-bond acceptors (Lipinski definition) is 8. The number of rotatable bonds is 10. The Labute approximate surface area is 207 Å². The first-order valence-corrected chi connectivity index (χ1v) is 11.7. The quantitative estimate of drug-likeness (QED) is 0.228. The van der Waals surface area contributed by atoms with Crippen molar-refractivity contribution in [1.82, 2.24) is 14.8 Å². The van der Waals surface area contributed by atoms with Crippen LogP contribution in [0.3, 0.4) is 0 Å². The molecule has 0 N–H and O–H groups in total. The molecule has 0 radical (unpaired) electrons. The highest BCUT2D eigenvalue weighted by molar-refractivity contribution is 7.99. The molecule has 0 fully saturated rings. The monoisotopic (exact) mass is 491 g/mol. The fourth-order valence-corrected chi connectivity index (χ4v) is 4.41. The number of hydrogen-bond donors (Lipinski definition) is 0. The molecule has 0 saturated heterocycles. The Kier molecular flexibility index (Phi) is 7.57. The highest BCUT2D eigenvalue weighted by Gasteiger charge is 2.21. The lowest BCUT2D eigenvalue weighted by molar-refractivity contribution is 0.101. The Morgan fingerprint density at radius 1 is 0.800 bits per heavy atom. The first kappa shape index (κ1) is 24.2. The molecule has 8 nitrogen and oxygen atoms in total. The van der Waals surface area contributed by atoms with E-state index in [0.29, 0.717) is 33.8 Å².